The highest BCUT2D eigenvalue weighted by Crippen LogP contribution is 2.14. The topological polar surface area (TPSA) is 34.2 Å². The molecule has 0 aliphatic carbocycles. The van der Waals surface area contributed by atoms with Crippen molar-refractivity contribution >= 4 is 0 Å². The minimum absolute atomic E-state index is 0.446. The summed E-state index contributed by atoms with van der Waals surface area (Å²) < 4.78 is 7.87. The molecule has 0 N–H and O–H groups in total. The molecule has 0 aliphatic rings. The predicted molar refractivity (Wildman–Crippen MR) is 75.8 cm³/mol. The van der Waals surface area contributed by atoms with Crippen molar-refractivity contribution in [3.8, 4) is 0 Å². The third-order valence-electron chi connectivity index (χ3n) is 3.31. The Labute approximate surface area is 115 Å². The van der Waals surface area contributed by atoms with E-state index in [-0.39, 0.29) is 0 Å². The van der Waals surface area contributed by atoms with Gasteiger partial charge in [-0.25, -0.2) is 4.98 Å². The molecule has 0 unspecified atom stereocenters. The monoisotopic (exact) mass is 261 g/mol. The number of aromatic nitrogens is 2. The molecule has 0 aromatic carbocycles. The Hall–Kier alpha value is -1.55. The highest BCUT2D eigenvalue weighted by atomic mass is 16.3. The van der Waals surface area contributed by atoms with Gasteiger partial charge in [0.15, 0.2) is 0 Å². The smallest absolute Gasteiger partial charge is 0.118 e. The third-order valence-corrected chi connectivity index (χ3v) is 3.31. The van der Waals surface area contributed by atoms with Gasteiger partial charge in [0.25, 0.3) is 0 Å². The van der Waals surface area contributed by atoms with E-state index in [4.69, 9.17) is 4.42 Å². The molecule has 2 rings (SSSR count). The van der Waals surface area contributed by atoms with Crippen LogP contribution in [0.2, 0.25) is 0 Å². The maximum absolute atomic E-state index is 5.65. The van der Waals surface area contributed by atoms with E-state index in [2.05, 4.69) is 41.3 Å². The number of hydrogen-bond acceptors (Lipinski definition) is 3. The number of hydrogen-bond donors (Lipinski definition) is 0. The SMILES string of the molecule is CCN(Cc1ccc(C)o1)Cc1cncn1C(C)C. The maximum atomic E-state index is 5.65. The van der Waals surface area contributed by atoms with Crippen LogP contribution in [0, 0.1) is 6.92 Å². The predicted octanol–water partition coefficient (Wildman–Crippen LogP) is 3.39. The number of nitrogens with zero attached hydrogens (tertiary/aromatic N) is 3. The van der Waals surface area contributed by atoms with Crippen molar-refractivity contribution in [3.05, 3.63) is 41.9 Å². The molecule has 0 fully saturated rings. The molecule has 2 aromatic rings. The summed E-state index contributed by atoms with van der Waals surface area (Å²) in [6.45, 7) is 11.2. The highest BCUT2D eigenvalue weighted by molar-refractivity contribution is 5.06. The zero-order valence-electron chi connectivity index (χ0n) is 12.3. The van der Waals surface area contributed by atoms with E-state index in [1.807, 2.05) is 25.5 Å². The van der Waals surface area contributed by atoms with E-state index >= 15 is 0 Å². The highest BCUT2D eigenvalue weighted by Gasteiger charge is 2.11. The van der Waals surface area contributed by atoms with E-state index in [0.717, 1.165) is 31.2 Å². The fourth-order valence-electron chi connectivity index (χ4n) is 2.22. The van der Waals surface area contributed by atoms with Crippen LogP contribution in [0.4, 0.5) is 0 Å². The fourth-order valence-corrected chi connectivity index (χ4v) is 2.22. The molecule has 4 heteroatoms. The van der Waals surface area contributed by atoms with E-state index < -0.39 is 0 Å². The Morgan fingerprint density at radius 1 is 1.32 bits per heavy atom. The summed E-state index contributed by atoms with van der Waals surface area (Å²) in [6, 6.07) is 4.52. The van der Waals surface area contributed by atoms with Crippen molar-refractivity contribution in [1.82, 2.24) is 14.5 Å². The van der Waals surface area contributed by atoms with Gasteiger partial charge in [0.05, 0.1) is 18.6 Å². The summed E-state index contributed by atoms with van der Waals surface area (Å²) in [6.07, 6.45) is 3.86. The first-order chi connectivity index (χ1) is 9.10. The lowest BCUT2D eigenvalue weighted by atomic mass is 10.3. The molecule has 0 radical (unpaired) electrons. The fraction of sp³-hybridized carbons (Fsp3) is 0.533. The van der Waals surface area contributed by atoms with Gasteiger partial charge in [-0.2, -0.15) is 0 Å². The second-order valence-electron chi connectivity index (χ2n) is 5.20. The van der Waals surface area contributed by atoms with Crippen LogP contribution in [0.25, 0.3) is 0 Å². The second-order valence-corrected chi connectivity index (χ2v) is 5.20. The molecule has 0 saturated carbocycles. The van der Waals surface area contributed by atoms with Crippen LogP contribution in [0.1, 0.15) is 44.0 Å². The molecule has 0 amide bonds. The molecule has 0 saturated heterocycles. The average molecular weight is 261 g/mol. The molecule has 2 aromatic heterocycles. The van der Waals surface area contributed by atoms with Gasteiger partial charge in [-0.3, -0.25) is 4.90 Å². The van der Waals surface area contributed by atoms with E-state index in [1.54, 1.807) is 0 Å². The zero-order chi connectivity index (χ0) is 13.8. The van der Waals surface area contributed by atoms with Crippen LogP contribution < -0.4 is 0 Å². The molecule has 0 bridgehead atoms. The van der Waals surface area contributed by atoms with Gasteiger partial charge >= 0.3 is 0 Å². The number of aryl methyl sites for hydroxylation is 1. The van der Waals surface area contributed by atoms with E-state index in [1.165, 1.54) is 5.69 Å². The maximum Gasteiger partial charge on any atom is 0.118 e. The molecular formula is C15H23N3O. The number of furan rings is 1. The standard InChI is InChI=1S/C15H23N3O/c1-5-17(10-15-7-6-13(4)19-15)9-14-8-16-11-18(14)12(2)3/h6-8,11-12H,5,9-10H2,1-4H3. The lowest BCUT2D eigenvalue weighted by molar-refractivity contribution is 0.239. The van der Waals surface area contributed by atoms with E-state index in [9.17, 15) is 0 Å². The Kier molecular flexibility index (Phi) is 4.43. The van der Waals surface area contributed by atoms with Gasteiger partial charge in [0, 0.05) is 18.8 Å². The normalized spacial score (nSPS) is 11.7. The molecule has 2 heterocycles. The Balaban J connectivity index is 2.04. The Bertz CT molecular complexity index is 513. The second kappa shape index (κ2) is 6.06. The molecule has 0 spiro atoms. The summed E-state index contributed by atoms with van der Waals surface area (Å²) >= 11 is 0. The van der Waals surface area contributed by atoms with Crippen molar-refractivity contribution in [2.24, 2.45) is 0 Å². The van der Waals surface area contributed by atoms with Crippen molar-refractivity contribution in [2.75, 3.05) is 6.54 Å². The Morgan fingerprint density at radius 2 is 2.11 bits per heavy atom. The number of imidazole rings is 1. The molecule has 19 heavy (non-hydrogen) atoms. The summed E-state index contributed by atoms with van der Waals surface area (Å²) in [7, 11) is 0. The molecule has 4 nitrogen and oxygen atoms in total. The van der Waals surface area contributed by atoms with Gasteiger partial charge in [-0.05, 0) is 39.4 Å². The van der Waals surface area contributed by atoms with E-state index in [0.29, 0.717) is 6.04 Å². The molecule has 104 valence electrons. The first kappa shape index (κ1) is 13.9. The van der Waals surface area contributed by atoms with Crippen LogP contribution in [-0.2, 0) is 13.1 Å². The van der Waals surface area contributed by atoms with Crippen molar-refractivity contribution in [2.45, 2.75) is 46.8 Å². The van der Waals surface area contributed by atoms with Gasteiger partial charge in [0.1, 0.15) is 11.5 Å². The van der Waals surface area contributed by atoms with Crippen molar-refractivity contribution < 1.29 is 4.42 Å². The summed E-state index contributed by atoms with van der Waals surface area (Å²) in [5.74, 6) is 1.99. The van der Waals surface area contributed by atoms with Crippen LogP contribution >= 0.6 is 0 Å². The lowest BCUT2D eigenvalue weighted by Crippen LogP contribution is -2.24. The third kappa shape index (κ3) is 3.47. The molecule has 0 aliphatic heterocycles. The van der Waals surface area contributed by atoms with Gasteiger partial charge in [0.2, 0.25) is 0 Å². The number of rotatable bonds is 6. The van der Waals surface area contributed by atoms with Gasteiger partial charge < -0.3 is 8.98 Å². The van der Waals surface area contributed by atoms with Crippen LogP contribution in [-0.4, -0.2) is 21.0 Å². The minimum Gasteiger partial charge on any atom is -0.465 e. The van der Waals surface area contributed by atoms with Gasteiger partial charge in [-0.1, -0.05) is 6.92 Å². The quantitative estimate of drug-likeness (QED) is 0.799. The Morgan fingerprint density at radius 3 is 2.68 bits per heavy atom. The first-order valence-electron chi connectivity index (χ1n) is 6.88. The summed E-state index contributed by atoms with van der Waals surface area (Å²) in [5, 5.41) is 0. The molecule has 0 atom stereocenters. The minimum atomic E-state index is 0.446. The first-order valence-corrected chi connectivity index (χ1v) is 6.88. The van der Waals surface area contributed by atoms with Crippen molar-refractivity contribution in [3.63, 3.8) is 0 Å². The lowest BCUT2D eigenvalue weighted by Gasteiger charge is -2.21. The summed E-state index contributed by atoms with van der Waals surface area (Å²) in [4.78, 5) is 6.61. The van der Waals surface area contributed by atoms with Crippen molar-refractivity contribution in [1.29, 1.82) is 0 Å². The van der Waals surface area contributed by atoms with Crippen LogP contribution in [0.15, 0.2) is 29.1 Å². The average Bonchev–Trinajstić information content (AvgIpc) is 2.97. The van der Waals surface area contributed by atoms with Gasteiger partial charge in [-0.15, -0.1) is 0 Å². The largest absolute Gasteiger partial charge is 0.465 e. The van der Waals surface area contributed by atoms with Crippen LogP contribution in [0.5, 0.6) is 0 Å². The zero-order valence-corrected chi connectivity index (χ0v) is 12.3. The summed E-state index contributed by atoms with van der Waals surface area (Å²) in [5.41, 5.74) is 1.25. The molecular weight excluding hydrogens is 238 g/mol. The van der Waals surface area contributed by atoms with Crippen LogP contribution in [0.3, 0.4) is 0 Å².